The number of hydrogen-bond acceptors (Lipinski definition) is 3. The molecule has 0 aliphatic carbocycles. The number of likely N-dealkylation sites (tertiary alicyclic amines) is 1. The van der Waals surface area contributed by atoms with E-state index in [0.29, 0.717) is 37.4 Å². The first kappa shape index (κ1) is 21.0. The Hall–Kier alpha value is -2.25. The Morgan fingerprint density at radius 1 is 0.933 bits per heavy atom. The molecule has 2 aromatic carbocycles. The molecule has 2 saturated heterocycles. The highest BCUT2D eigenvalue weighted by molar-refractivity contribution is 7.89. The SMILES string of the molecule is O=C(CCc1ccc(S(=O)(=O)N2CCCC2)cc1)N1CCCC1c1ccc(F)cc1. The second-order valence-corrected chi connectivity index (χ2v) is 9.99. The van der Waals surface area contributed by atoms with Gasteiger partial charge in [-0.25, -0.2) is 12.8 Å². The van der Waals surface area contributed by atoms with Crippen LogP contribution in [0.2, 0.25) is 0 Å². The van der Waals surface area contributed by atoms with Crippen LogP contribution < -0.4 is 0 Å². The quantitative estimate of drug-likeness (QED) is 0.698. The topological polar surface area (TPSA) is 57.7 Å². The van der Waals surface area contributed by atoms with Crippen molar-refractivity contribution in [3.05, 3.63) is 65.5 Å². The Morgan fingerprint density at radius 3 is 2.27 bits per heavy atom. The van der Waals surface area contributed by atoms with E-state index in [1.807, 2.05) is 4.90 Å². The van der Waals surface area contributed by atoms with Crippen LogP contribution >= 0.6 is 0 Å². The maximum absolute atomic E-state index is 13.2. The van der Waals surface area contributed by atoms with Crippen molar-refractivity contribution >= 4 is 15.9 Å². The maximum Gasteiger partial charge on any atom is 0.243 e. The van der Waals surface area contributed by atoms with E-state index in [1.54, 1.807) is 36.4 Å². The Labute approximate surface area is 177 Å². The number of carbonyl (C=O) groups is 1. The molecular weight excluding hydrogens is 403 g/mol. The molecule has 2 heterocycles. The van der Waals surface area contributed by atoms with E-state index in [2.05, 4.69) is 0 Å². The number of aryl methyl sites for hydroxylation is 1. The molecule has 0 spiro atoms. The molecule has 2 fully saturated rings. The molecule has 1 amide bonds. The lowest BCUT2D eigenvalue weighted by Crippen LogP contribution is -2.30. The van der Waals surface area contributed by atoms with E-state index in [9.17, 15) is 17.6 Å². The van der Waals surface area contributed by atoms with Gasteiger partial charge in [-0.2, -0.15) is 4.31 Å². The van der Waals surface area contributed by atoms with E-state index in [0.717, 1.165) is 36.8 Å². The van der Waals surface area contributed by atoms with Crippen LogP contribution in [0.25, 0.3) is 0 Å². The molecule has 7 heteroatoms. The fourth-order valence-electron chi connectivity index (χ4n) is 4.40. The minimum absolute atomic E-state index is 0.00563. The Kier molecular flexibility index (Phi) is 6.20. The van der Waals surface area contributed by atoms with E-state index >= 15 is 0 Å². The largest absolute Gasteiger partial charge is 0.336 e. The zero-order chi connectivity index (χ0) is 21.1. The highest BCUT2D eigenvalue weighted by Crippen LogP contribution is 2.32. The molecular formula is C23H27FN2O3S. The summed E-state index contributed by atoms with van der Waals surface area (Å²) in [6.45, 7) is 1.89. The van der Waals surface area contributed by atoms with Crippen LogP contribution in [0, 0.1) is 5.82 Å². The second-order valence-electron chi connectivity index (χ2n) is 8.05. The van der Waals surface area contributed by atoms with Gasteiger partial charge in [-0.3, -0.25) is 4.79 Å². The summed E-state index contributed by atoms with van der Waals surface area (Å²) >= 11 is 0. The number of halogens is 1. The van der Waals surface area contributed by atoms with Crippen LogP contribution in [0.15, 0.2) is 53.4 Å². The normalized spacial score (nSPS) is 20.0. The van der Waals surface area contributed by atoms with Crippen LogP contribution in [-0.4, -0.2) is 43.2 Å². The molecule has 0 radical (unpaired) electrons. The molecule has 0 aromatic heterocycles. The lowest BCUT2D eigenvalue weighted by atomic mass is 10.0. The number of hydrogen-bond donors (Lipinski definition) is 0. The van der Waals surface area contributed by atoms with Gasteiger partial charge in [0.2, 0.25) is 15.9 Å². The van der Waals surface area contributed by atoms with Crippen LogP contribution in [0.4, 0.5) is 4.39 Å². The summed E-state index contributed by atoms with van der Waals surface area (Å²) in [4.78, 5) is 15.0. The molecule has 1 unspecified atom stereocenters. The van der Waals surface area contributed by atoms with Crippen molar-refractivity contribution in [1.29, 1.82) is 0 Å². The van der Waals surface area contributed by atoms with Crippen LogP contribution in [0.5, 0.6) is 0 Å². The summed E-state index contributed by atoms with van der Waals surface area (Å²) in [6.07, 6.45) is 4.59. The van der Waals surface area contributed by atoms with Gasteiger partial charge in [-0.1, -0.05) is 24.3 Å². The van der Waals surface area contributed by atoms with Gasteiger partial charge in [-0.15, -0.1) is 0 Å². The van der Waals surface area contributed by atoms with Crippen molar-refractivity contribution in [2.45, 2.75) is 49.5 Å². The van der Waals surface area contributed by atoms with Gasteiger partial charge < -0.3 is 4.90 Å². The first-order valence-electron chi connectivity index (χ1n) is 10.6. The number of amides is 1. The first-order chi connectivity index (χ1) is 14.4. The highest BCUT2D eigenvalue weighted by atomic mass is 32.2. The molecule has 0 saturated carbocycles. The molecule has 30 heavy (non-hydrogen) atoms. The summed E-state index contributed by atoms with van der Waals surface area (Å²) in [5.74, 6) is -0.194. The van der Waals surface area contributed by atoms with Crippen molar-refractivity contribution < 1.29 is 17.6 Å². The van der Waals surface area contributed by atoms with Crippen LogP contribution in [0.3, 0.4) is 0 Å². The molecule has 0 N–H and O–H groups in total. The number of rotatable bonds is 6. The summed E-state index contributed by atoms with van der Waals surface area (Å²) < 4.78 is 40.0. The summed E-state index contributed by atoms with van der Waals surface area (Å²) in [6, 6.07) is 13.3. The van der Waals surface area contributed by atoms with Crippen molar-refractivity contribution in [3.63, 3.8) is 0 Å². The average Bonchev–Trinajstić information content (AvgIpc) is 3.45. The fourth-order valence-corrected chi connectivity index (χ4v) is 5.91. The third-order valence-corrected chi connectivity index (χ3v) is 7.99. The lowest BCUT2D eigenvalue weighted by Gasteiger charge is -2.25. The minimum atomic E-state index is -3.41. The first-order valence-corrected chi connectivity index (χ1v) is 12.0. The van der Waals surface area contributed by atoms with Gasteiger partial charge in [-0.05, 0) is 67.5 Å². The summed E-state index contributed by atoms with van der Waals surface area (Å²) in [7, 11) is -3.41. The summed E-state index contributed by atoms with van der Waals surface area (Å²) in [5, 5.41) is 0. The standard InChI is InChI=1S/C23H27FN2O3S/c24-20-10-8-19(9-11-20)22-4-3-17-26(22)23(27)14-7-18-5-12-21(13-6-18)30(28,29)25-15-1-2-16-25/h5-6,8-13,22H,1-4,7,14-17H2. The fraction of sp³-hybridized carbons (Fsp3) is 0.435. The van der Waals surface area contributed by atoms with Crippen LogP contribution in [-0.2, 0) is 21.2 Å². The predicted molar refractivity (Wildman–Crippen MR) is 113 cm³/mol. The third-order valence-electron chi connectivity index (χ3n) is 6.08. The van der Waals surface area contributed by atoms with E-state index < -0.39 is 10.0 Å². The molecule has 160 valence electrons. The van der Waals surface area contributed by atoms with Crippen molar-refractivity contribution in [3.8, 4) is 0 Å². The van der Waals surface area contributed by atoms with Crippen molar-refractivity contribution in [2.75, 3.05) is 19.6 Å². The number of carbonyl (C=O) groups excluding carboxylic acids is 1. The predicted octanol–water partition coefficient (Wildman–Crippen LogP) is 3.91. The molecule has 2 aliphatic rings. The molecule has 2 aromatic rings. The Bertz CT molecular complexity index is 984. The average molecular weight is 431 g/mol. The van der Waals surface area contributed by atoms with E-state index in [-0.39, 0.29) is 17.8 Å². The second kappa shape index (κ2) is 8.86. The minimum Gasteiger partial charge on any atom is -0.336 e. The van der Waals surface area contributed by atoms with Gasteiger partial charge in [0, 0.05) is 26.1 Å². The highest BCUT2D eigenvalue weighted by Gasteiger charge is 2.30. The molecule has 4 rings (SSSR count). The molecule has 5 nitrogen and oxygen atoms in total. The van der Waals surface area contributed by atoms with E-state index in [1.165, 1.54) is 16.4 Å². The molecule has 1 atom stereocenters. The number of nitrogens with zero attached hydrogens (tertiary/aromatic N) is 2. The monoisotopic (exact) mass is 430 g/mol. The number of sulfonamides is 1. The number of benzene rings is 2. The van der Waals surface area contributed by atoms with Gasteiger partial charge in [0.05, 0.1) is 10.9 Å². The van der Waals surface area contributed by atoms with Gasteiger partial charge in [0.15, 0.2) is 0 Å². The van der Waals surface area contributed by atoms with E-state index in [4.69, 9.17) is 0 Å². The van der Waals surface area contributed by atoms with Crippen LogP contribution in [0.1, 0.15) is 49.3 Å². The van der Waals surface area contributed by atoms with Gasteiger partial charge >= 0.3 is 0 Å². The van der Waals surface area contributed by atoms with Gasteiger partial charge in [0.1, 0.15) is 5.82 Å². The lowest BCUT2D eigenvalue weighted by molar-refractivity contribution is -0.132. The Morgan fingerprint density at radius 2 is 1.60 bits per heavy atom. The smallest absolute Gasteiger partial charge is 0.243 e. The maximum atomic E-state index is 13.2. The zero-order valence-corrected chi connectivity index (χ0v) is 17.8. The molecule has 0 bridgehead atoms. The Balaban J connectivity index is 1.37. The van der Waals surface area contributed by atoms with Gasteiger partial charge in [0.25, 0.3) is 0 Å². The van der Waals surface area contributed by atoms with Crippen molar-refractivity contribution in [1.82, 2.24) is 9.21 Å². The zero-order valence-electron chi connectivity index (χ0n) is 17.0. The molecule has 2 aliphatic heterocycles. The summed E-state index contributed by atoms with van der Waals surface area (Å²) in [5.41, 5.74) is 1.92. The van der Waals surface area contributed by atoms with Crippen molar-refractivity contribution in [2.24, 2.45) is 0 Å². The third kappa shape index (κ3) is 4.42.